The van der Waals surface area contributed by atoms with E-state index in [1.54, 1.807) is 0 Å². The fourth-order valence-corrected chi connectivity index (χ4v) is 0.618. The Hall–Kier alpha value is -0.570. The van der Waals surface area contributed by atoms with Gasteiger partial charge in [-0.2, -0.15) is 0 Å². The summed E-state index contributed by atoms with van der Waals surface area (Å²) in [4.78, 5) is 9.90. The van der Waals surface area contributed by atoms with E-state index in [0.717, 1.165) is 0 Å². The van der Waals surface area contributed by atoms with E-state index in [-0.39, 0.29) is 19.2 Å². The molecule has 88 valence electrons. The molecule has 0 aliphatic heterocycles. The maximum absolute atomic E-state index is 9.90. The van der Waals surface area contributed by atoms with Crippen LogP contribution in [0.5, 0.6) is 0 Å². The zero-order valence-electron chi connectivity index (χ0n) is 6.74. The molecule has 0 amide bonds. The van der Waals surface area contributed by atoms with Crippen molar-refractivity contribution in [2.24, 2.45) is 0 Å². The van der Waals surface area contributed by atoms with Gasteiger partial charge in [-0.05, 0) is 0 Å². The monoisotopic (exact) mass is 214 g/mol. The summed E-state index contributed by atoms with van der Waals surface area (Å²) in [7, 11) is 0. The Kier molecular flexibility index (Phi) is 12.3. The number of hydrogen-bond acceptors (Lipinski definition) is 6. The molecular formula is C7H18O7. The third-order valence-electron chi connectivity index (χ3n) is 1.42. The third-order valence-corrected chi connectivity index (χ3v) is 1.42. The van der Waals surface area contributed by atoms with Gasteiger partial charge in [-0.25, -0.2) is 0 Å². The lowest BCUT2D eigenvalue weighted by molar-refractivity contribution is -0.136. The molecule has 0 spiro atoms. The molecule has 7 N–H and O–H groups in total. The smallest absolute Gasteiger partial charge is 0.151 e. The van der Waals surface area contributed by atoms with Crippen molar-refractivity contribution >= 4 is 6.29 Å². The summed E-state index contributed by atoms with van der Waals surface area (Å²) in [5.41, 5.74) is 0. The van der Waals surface area contributed by atoms with Crippen molar-refractivity contribution in [2.45, 2.75) is 31.8 Å². The molecule has 0 saturated carbocycles. The molecule has 0 aromatic carbocycles. The fourth-order valence-electron chi connectivity index (χ4n) is 0.618. The number of carbonyl (C=O) groups excluding carboxylic acids is 1. The molecule has 0 heterocycles. The summed E-state index contributed by atoms with van der Waals surface area (Å²) in [5, 5.41) is 43.5. The zero-order chi connectivity index (χ0) is 9.72. The van der Waals surface area contributed by atoms with Crippen molar-refractivity contribution in [1.82, 2.24) is 0 Å². The molecule has 0 aliphatic carbocycles. The van der Waals surface area contributed by atoms with Gasteiger partial charge in [0.25, 0.3) is 0 Å². The molecule has 0 aliphatic rings. The van der Waals surface area contributed by atoms with Gasteiger partial charge in [0.2, 0.25) is 0 Å². The van der Waals surface area contributed by atoms with Crippen LogP contribution < -0.4 is 0 Å². The zero-order valence-corrected chi connectivity index (χ0v) is 6.74. The van der Waals surface area contributed by atoms with E-state index in [0.29, 0.717) is 0 Å². The van der Waals surface area contributed by atoms with Gasteiger partial charge >= 0.3 is 0 Å². The Balaban J connectivity index is -0.000000605. The summed E-state index contributed by atoms with van der Waals surface area (Å²) in [6, 6.07) is 0. The Bertz CT molecular complexity index is 140. The summed E-state index contributed by atoms with van der Waals surface area (Å²) in [5.74, 6) is 0. The first-order valence-corrected chi connectivity index (χ1v) is 3.33. The minimum Gasteiger partial charge on any atom is -0.412 e. The topological polar surface area (TPSA) is 150 Å². The predicted octanol–water partition coefficient (Wildman–Crippen LogP) is -3.57. The summed E-state index contributed by atoms with van der Waals surface area (Å²) < 4.78 is 0. The van der Waals surface area contributed by atoms with E-state index in [2.05, 4.69) is 0 Å². The lowest BCUT2D eigenvalue weighted by Crippen LogP contribution is -2.46. The highest BCUT2D eigenvalue weighted by Crippen LogP contribution is 2.02. The van der Waals surface area contributed by atoms with Crippen LogP contribution in [0.4, 0.5) is 0 Å². The standard InChI is InChI=1S/C6H12O6.CH4.H2O/c7-1-3(9)5(11)6(12)4(10)2-8;;/h1,3-6,8-12H,2H2;1H4;1H2. The van der Waals surface area contributed by atoms with Crippen LogP contribution in [0.25, 0.3) is 0 Å². The van der Waals surface area contributed by atoms with Crippen LogP contribution in [0, 0.1) is 0 Å². The van der Waals surface area contributed by atoms with Crippen LogP contribution >= 0.6 is 0 Å². The van der Waals surface area contributed by atoms with Crippen LogP contribution in [-0.4, -0.2) is 68.3 Å². The molecule has 0 aromatic heterocycles. The van der Waals surface area contributed by atoms with Gasteiger partial charge in [0.1, 0.15) is 24.4 Å². The fraction of sp³-hybridized carbons (Fsp3) is 0.857. The molecule has 7 nitrogen and oxygen atoms in total. The van der Waals surface area contributed by atoms with Gasteiger partial charge in [-0.1, -0.05) is 7.43 Å². The second-order valence-electron chi connectivity index (χ2n) is 2.36. The van der Waals surface area contributed by atoms with Gasteiger partial charge < -0.3 is 35.8 Å². The van der Waals surface area contributed by atoms with Crippen LogP contribution in [-0.2, 0) is 4.79 Å². The van der Waals surface area contributed by atoms with Crippen molar-refractivity contribution in [3.63, 3.8) is 0 Å². The summed E-state index contributed by atoms with van der Waals surface area (Å²) in [6.07, 6.45) is -6.84. The highest BCUT2D eigenvalue weighted by molar-refractivity contribution is 5.56. The Morgan fingerprint density at radius 1 is 1.07 bits per heavy atom. The van der Waals surface area contributed by atoms with Crippen LogP contribution in [0.1, 0.15) is 7.43 Å². The molecule has 0 bridgehead atoms. The number of rotatable bonds is 5. The van der Waals surface area contributed by atoms with Gasteiger partial charge in [-0.3, -0.25) is 0 Å². The van der Waals surface area contributed by atoms with Crippen molar-refractivity contribution < 1.29 is 35.8 Å². The minimum absolute atomic E-state index is 0. The molecule has 0 aromatic rings. The highest BCUT2D eigenvalue weighted by Gasteiger charge is 2.29. The summed E-state index contributed by atoms with van der Waals surface area (Å²) >= 11 is 0. The quantitative estimate of drug-likeness (QED) is 0.299. The molecular weight excluding hydrogens is 196 g/mol. The van der Waals surface area contributed by atoms with E-state index in [4.69, 9.17) is 25.5 Å². The number of aliphatic hydroxyl groups is 5. The molecule has 4 atom stereocenters. The summed E-state index contributed by atoms with van der Waals surface area (Å²) in [6.45, 7) is -0.760. The first kappa shape index (κ1) is 19.1. The molecule has 4 unspecified atom stereocenters. The van der Waals surface area contributed by atoms with Crippen molar-refractivity contribution in [1.29, 1.82) is 0 Å². The van der Waals surface area contributed by atoms with Crippen molar-refractivity contribution in [2.75, 3.05) is 6.61 Å². The number of carbonyl (C=O) groups is 1. The molecule has 0 saturated heterocycles. The van der Waals surface area contributed by atoms with E-state index in [1.165, 1.54) is 0 Å². The Labute approximate surface area is 81.5 Å². The van der Waals surface area contributed by atoms with E-state index in [1.807, 2.05) is 0 Å². The molecule has 7 heteroatoms. The first-order chi connectivity index (χ1) is 5.54. The first-order valence-electron chi connectivity index (χ1n) is 3.33. The lowest BCUT2D eigenvalue weighted by Gasteiger charge is -2.22. The molecule has 0 fully saturated rings. The van der Waals surface area contributed by atoms with Gasteiger partial charge in [0, 0.05) is 0 Å². The van der Waals surface area contributed by atoms with Crippen molar-refractivity contribution in [3.05, 3.63) is 0 Å². The molecule has 0 rings (SSSR count). The van der Waals surface area contributed by atoms with E-state index >= 15 is 0 Å². The molecule has 0 radical (unpaired) electrons. The van der Waals surface area contributed by atoms with Crippen LogP contribution in [0.2, 0.25) is 0 Å². The minimum atomic E-state index is -1.79. The third kappa shape index (κ3) is 5.22. The normalized spacial score (nSPS) is 18.1. The van der Waals surface area contributed by atoms with Gasteiger partial charge in [-0.15, -0.1) is 0 Å². The Morgan fingerprint density at radius 2 is 1.50 bits per heavy atom. The lowest BCUT2D eigenvalue weighted by atomic mass is 10.0. The van der Waals surface area contributed by atoms with E-state index < -0.39 is 31.0 Å². The molecule has 14 heavy (non-hydrogen) atoms. The second-order valence-corrected chi connectivity index (χ2v) is 2.36. The van der Waals surface area contributed by atoms with E-state index in [9.17, 15) is 4.79 Å². The van der Waals surface area contributed by atoms with Gasteiger partial charge in [0.15, 0.2) is 6.29 Å². The average molecular weight is 214 g/mol. The largest absolute Gasteiger partial charge is 0.412 e. The van der Waals surface area contributed by atoms with Crippen LogP contribution in [0.15, 0.2) is 0 Å². The maximum atomic E-state index is 9.90. The number of aldehydes is 1. The van der Waals surface area contributed by atoms with Crippen molar-refractivity contribution in [3.8, 4) is 0 Å². The average Bonchev–Trinajstić information content (AvgIpc) is 2.12. The van der Waals surface area contributed by atoms with Gasteiger partial charge in [0.05, 0.1) is 6.61 Å². The predicted molar refractivity (Wildman–Crippen MR) is 47.5 cm³/mol. The van der Waals surface area contributed by atoms with Crippen LogP contribution in [0.3, 0.4) is 0 Å². The maximum Gasteiger partial charge on any atom is 0.151 e. The SMILES string of the molecule is C.O.O=CC(O)C(O)C(O)C(O)CO. The highest BCUT2D eigenvalue weighted by atomic mass is 16.4. The number of hydrogen-bond donors (Lipinski definition) is 5. The Morgan fingerprint density at radius 3 is 1.79 bits per heavy atom. The second kappa shape index (κ2) is 9.00. The number of aliphatic hydroxyl groups excluding tert-OH is 5.